The molecule has 1 aliphatic heterocycles. The largest absolute Gasteiger partial charge is 0.491 e. The van der Waals surface area contributed by atoms with Crippen LogP contribution in [-0.4, -0.2) is 41.2 Å². The van der Waals surface area contributed by atoms with Crippen molar-refractivity contribution in [3.63, 3.8) is 0 Å². The van der Waals surface area contributed by atoms with E-state index in [0.717, 1.165) is 0 Å². The molecule has 0 spiro atoms. The van der Waals surface area contributed by atoms with Crippen LogP contribution in [0.5, 0.6) is 5.75 Å². The van der Waals surface area contributed by atoms with Gasteiger partial charge < -0.3 is 14.7 Å². The Hall–Kier alpha value is -2.11. The Morgan fingerprint density at radius 2 is 2.00 bits per heavy atom. The maximum absolute atomic E-state index is 13.7. The summed E-state index contributed by atoms with van der Waals surface area (Å²) in [5, 5.41) is 11.5. The molecule has 6 heteroatoms. The van der Waals surface area contributed by atoms with E-state index in [0.29, 0.717) is 55.1 Å². The van der Waals surface area contributed by atoms with Crippen LogP contribution in [0.25, 0.3) is 0 Å². The van der Waals surface area contributed by atoms with Gasteiger partial charge >= 0.3 is 0 Å². The minimum Gasteiger partial charge on any atom is -0.491 e. The van der Waals surface area contributed by atoms with Crippen LogP contribution in [0.4, 0.5) is 4.39 Å². The Kier molecular flexibility index (Phi) is 6.92. The molecule has 0 saturated carbocycles. The molecule has 28 heavy (non-hydrogen) atoms. The minimum atomic E-state index is -0.983. The Morgan fingerprint density at radius 1 is 1.18 bits per heavy atom. The van der Waals surface area contributed by atoms with Crippen LogP contribution < -0.4 is 4.74 Å². The van der Waals surface area contributed by atoms with Crippen molar-refractivity contribution in [1.29, 1.82) is 0 Å². The van der Waals surface area contributed by atoms with Crippen molar-refractivity contribution in [2.24, 2.45) is 0 Å². The van der Waals surface area contributed by atoms with E-state index in [9.17, 15) is 14.3 Å². The van der Waals surface area contributed by atoms with Gasteiger partial charge in [0.1, 0.15) is 23.8 Å². The zero-order chi connectivity index (χ0) is 20.0. The number of rotatable bonds is 6. The molecule has 0 aromatic heterocycles. The zero-order valence-corrected chi connectivity index (χ0v) is 16.5. The van der Waals surface area contributed by atoms with Crippen LogP contribution in [-0.2, 0) is 11.2 Å². The first-order chi connectivity index (χ1) is 13.5. The van der Waals surface area contributed by atoms with Crippen LogP contribution in [0.2, 0.25) is 5.02 Å². The molecule has 1 unspecified atom stereocenters. The number of benzene rings is 2. The highest BCUT2D eigenvalue weighted by Gasteiger charge is 2.32. The molecular weight excluding hydrogens is 381 g/mol. The smallest absolute Gasteiger partial charge is 0.222 e. The molecule has 0 aliphatic carbocycles. The van der Waals surface area contributed by atoms with E-state index >= 15 is 0 Å². The Labute approximate surface area is 169 Å². The van der Waals surface area contributed by atoms with Crippen molar-refractivity contribution in [3.8, 4) is 5.75 Å². The molecule has 1 aliphatic rings. The third kappa shape index (κ3) is 5.69. The lowest BCUT2D eigenvalue weighted by atomic mass is 9.96. The van der Waals surface area contributed by atoms with E-state index in [4.69, 9.17) is 16.3 Å². The number of ether oxygens (including phenoxy) is 1. The molecule has 1 saturated heterocycles. The number of aliphatic hydroxyl groups is 1. The zero-order valence-electron chi connectivity index (χ0n) is 15.7. The topological polar surface area (TPSA) is 49.8 Å². The summed E-state index contributed by atoms with van der Waals surface area (Å²) in [5.41, 5.74) is -0.430. The highest BCUT2D eigenvalue weighted by molar-refractivity contribution is 6.30. The van der Waals surface area contributed by atoms with Crippen LogP contribution in [0.3, 0.4) is 0 Å². The lowest BCUT2D eigenvalue weighted by molar-refractivity contribution is -0.131. The summed E-state index contributed by atoms with van der Waals surface area (Å²) >= 11 is 5.95. The van der Waals surface area contributed by atoms with Gasteiger partial charge in [-0.05, 0) is 55.5 Å². The normalized spacial score (nSPS) is 19.9. The number of carbonyl (C=O) groups is 1. The molecule has 2 aromatic carbocycles. The fraction of sp³-hybridized carbons (Fsp3) is 0.409. The molecule has 1 amide bonds. The van der Waals surface area contributed by atoms with Gasteiger partial charge in [-0.1, -0.05) is 35.9 Å². The molecule has 1 N–H and O–H groups in total. The highest BCUT2D eigenvalue weighted by atomic mass is 35.5. The quantitative estimate of drug-likeness (QED) is 0.782. The van der Waals surface area contributed by atoms with Crippen LogP contribution >= 0.6 is 11.6 Å². The van der Waals surface area contributed by atoms with Crippen LogP contribution in [0.1, 0.15) is 31.2 Å². The standard InChI is InChI=1S/C22H25ClFNO3/c23-18-6-3-7-19(15-18)28-16-22(27)11-4-13-25(14-12-22)21(26)10-9-17-5-1-2-8-20(17)24/h1-3,5-8,15,27H,4,9-14,16H2. The van der Waals surface area contributed by atoms with Gasteiger partial charge in [0.15, 0.2) is 0 Å². The lowest BCUT2D eigenvalue weighted by Gasteiger charge is -2.27. The Balaban J connectivity index is 1.50. The van der Waals surface area contributed by atoms with E-state index in [-0.39, 0.29) is 24.8 Å². The number of carbonyl (C=O) groups excluding carboxylic acids is 1. The van der Waals surface area contributed by atoms with E-state index in [1.165, 1.54) is 6.07 Å². The summed E-state index contributed by atoms with van der Waals surface area (Å²) in [6.45, 7) is 1.21. The average Bonchev–Trinajstić information content (AvgIpc) is 2.88. The average molecular weight is 406 g/mol. The maximum Gasteiger partial charge on any atom is 0.222 e. The molecule has 4 nitrogen and oxygen atoms in total. The summed E-state index contributed by atoms with van der Waals surface area (Å²) in [5.74, 6) is 0.324. The molecule has 1 heterocycles. The predicted octanol–water partition coefficient (Wildman–Crippen LogP) is 4.23. The van der Waals surface area contributed by atoms with Crippen LogP contribution in [0, 0.1) is 5.82 Å². The molecule has 2 aromatic rings. The van der Waals surface area contributed by atoms with Crippen molar-refractivity contribution in [2.75, 3.05) is 19.7 Å². The summed E-state index contributed by atoms with van der Waals surface area (Å²) in [6, 6.07) is 13.6. The number of nitrogens with zero attached hydrogens (tertiary/aromatic N) is 1. The van der Waals surface area contributed by atoms with Gasteiger partial charge in [-0.15, -0.1) is 0 Å². The summed E-state index contributed by atoms with van der Waals surface area (Å²) in [6.07, 6.45) is 2.34. The third-order valence-electron chi connectivity index (χ3n) is 5.14. The van der Waals surface area contributed by atoms with Crippen molar-refractivity contribution in [3.05, 3.63) is 64.9 Å². The van der Waals surface area contributed by atoms with E-state index in [1.54, 1.807) is 47.4 Å². The fourth-order valence-electron chi connectivity index (χ4n) is 3.45. The number of likely N-dealkylation sites (tertiary alicyclic amines) is 1. The number of aryl methyl sites for hydroxylation is 1. The van der Waals surface area contributed by atoms with Crippen molar-refractivity contribution >= 4 is 17.5 Å². The number of amides is 1. The Morgan fingerprint density at radius 3 is 2.79 bits per heavy atom. The fourth-order valence-corrected chi connectivity index (χ4v) is 3.63. The second kappa shape index (κ2) is 9.39. The van der Waals surface area contributed by atoms with Crippen LogP contribution in [0.15, 0.2) is 48.5 Å². The number of hydrogen-bond acceptors (Lipinski definition) is 3. The molecule has 150 valence electrons. The molecule has 1 fully saturated rings. The highest BCUT2D eigenvalue weighted by Crippen LogP contribution is 2.25. The summed E-state index contributed by atoms with van der Waals surface area (Å²) in [7, 11) is 0. The molecule has 1 atom stereocenters. The summed E-state index contributed by atoms with van der Waals surface area (Å²) in [4.78, 5) is 14.3. The number of hydrogen-bond donors (Lipinski definition) is 1. The van der Waals surface area contributed by atoms with Crippen molar-refractivity contribution < 1.29 is 19.0 Å². The van der Waals surface area contributed by atoms with Crippen molar-refractivity contribution in [1.82, 2.24) is 4.90 Å². The molecular formula is C22H25ClFNO3. The van der Waals surface area contributed by atoms with E-state index in [1.807, 2.05) is 0 Å². The van der Waals surface area contributed by atoms with E-state index in [2.05, 4.69) is 0 Å². The van der Waals surface area contributed by atoms with Crippen molar-refractivity contribution in [2.45, 2.75) is 37.7 Å². The maximum atomic E-state index is 13.7. The SMILES string of the molecule is O=C(CCc1ccccc1F)N1CCCC(O)(COc2cccc(Cl)c2)CC1. The Bertz CT molecular complexity index is 816. The minimum absolute atomic E-state index is 0.0109. The second-order valence-corrected chi connectivity index (χ2v) is 7.73. The van der Waals surface area contributed by atoms with Gasteiger partial charge in [-0.25, -0.2) is 4.39 Å². The molecule has 3 rings (SSSR count). The molecule has 0 radical (unpaired) electrons. The first kappa shape index (κ1) is 20.6. The molecule has 0 bridgehead atoms. The van der Waals surface area contributed by atoms with Gasteiger partial charge in [0.2, 0.25) is 5.91 Å². The third-order valence-corrected chi connectivity index (χ3v) is 5.37. The first-order valence-corrected chi connectivity index (χ1v) is 9.95. The second-order valence-electron chi connectivity index (χ2n) is 7.30. The van der Waals surface area contributed by atoms with Gasteiger partial charge in [0, 0.05) is 24.5 Å². The lowest BCUT2D eigenvalue weighted by Crippen LogP contribution is -2.38. The van der Waals surface area contributed by atoms with E-state index < -0.39 is 5.60 Å². The predicted molar refractivity (Wildman–Crippen MR) is 107 cm³/mol. The van der Waals surface area contributed by atoms with Gasteiger partial charge in [-0.2, -0.15) is 0 Å². The first-order valence-electron chi connectivity index (χ1n) is 9.57. The summed E-state index contributed by atoms with van der Waals surface area (Å²) < 4.78 is 19.4. The van der Waals surface area contributed by atoms with Gasteiger partial charge in [0.25, 0.3) is 0 Å². The van der Waals surface area contributed by atoms with Gasteiger partial charge in [-0.3, -0.25) is 4.79 Å². The monoisotopic (exact) mass is 405 g/mol. The number of halogens is 2. The van der Waals surface area contributed by atoms with Gasteiger partial charge in [0.05, 0.1) is 0 Å².